The second-order valence-corrected chi connectivity index (χ2v) is 9.64. The largest absolute Gasteiger partial charge is 0.343 e. The van der Waals surface area contributed by atoms with Gasteiger partial charge in [-0.3, -0.25) is 5.41 Å². The van der Waals surface area contributed by atoms with Crippen LogP contribution in [0.3, 0.4) is 0 Å². The number of thioether (sulfide) groups is 1. The van der Waals surface area contributed by atoms with Crippen LogP contribution in [0.2, 0.25) is 0 Å². The van der Waals surface area contributed by atoms with E-state index in [0.29, 0.717) is 11.2 Å². The fraction of sp³-hybridized carbons (Fsp3) is 0.917. The van der Waals surface area contributed by atoms with Crippen LogP contribution < -0.4 is 0 Å². The number of sulfone groups is 1. The van der Waals surface area contributed by atoms with Crippen molar-refractivity contribution >= 4 is 26.8 Å². The molecule has 0 aromatic rings. The third-order valence-corrected chi connectivity index (χ3v) is 8.33. The molecule has 2 aliphatic carbocycles. The molecule has 4 rings (SSSR count). The van der Waals surface area contributed by atoms with Crippen molar-refractivity contribution in [2.45, 2.75) is 43.0 Å². The van der Waals surface area contributed by atoms with Crippen molar-refractivity contribution < 1.29 is 8.42 Å². The highest BCUT2D eigenvalue weighted by Crippen LogP contribution is 2.50. The second kappa shape index (κ2) is 3.66. The summed E-state index contributed by atoms with van der Waals surface area (Å²) in [5.41, 5.74) is 0. The minimum Gasteiger partial charge on any atom is -0.343 e. The fourth-order valence-electron chi connectivity index (χ4n) is 4.47. The van der Waals surface area contributed by atoms with Crippen LogP contribution in [0.25, 0.3) is 0 Å². The van der Waals surface area contributed by atoms with Gasteiger partial charge in [0.15, 0.2) is 15.0 Å². The van der Waals surface area contributed by atoms with Gasteiger partial charge in [-0.1, -0.05) is 18.2 Å². The van der Waals surface area contributed by atoms with Crippen LogP contribution in [0.5, 0.6) is 0 Å². The normalized spacial score (nSPS) is 49.0. The quantitative estimate of drug-likeness (QED) is 0.790. The molecule has 6 heteroatoms. The van der Waals surface area contributed by atoms with E-state index >= 15 is 0 Å². The molecule has 4 aliphatic rings. The summed E-state index contributed by atoms with van der Waals surface area (Å²) in [5, 5.41) is 8.94. The van der Waals surface area contributed by atoms with Crippen molar-refractivity contribution in [3.8, 4) is 0 Å². The maximum absolute atomic E-state index is 11.8. The van der Waals surface area contributed by atoms with Gasteiger partial charge in [-0.25, -0.2) is 8.42 Å². The molecule has 2 heterocycles. The van der Waals surface area contributed by atoms with E-state index in [1.54, 1.807) is 0 Å². The number of hydrogen-bond acceptors (Lipinski definition) is 4. The zero-order valence-electron chi connectivity index (χ0n) is 10.2. The molecule has 2 aliphatic heterocycles. The lowest BCUT2D eigenvalue weighted by Crippen LogP contribution is -2.46. The first-order chi connectivity index (χ1) is 8.53. The van der Waals surface area contributed by atoms with Crippen LogP contribution in [0.15, 0.2) is 0 Å². The van der Waals surface area contributed by atoms with Crippen LogP contribution in [-0.4, -0.2) is 47.3 Å². The molecule has 4 fully saturated rings. The molecule has 2 saturated carbocycles. The number of fused-ring (bicyclic) bond motifs is 3. The first kappa shape index (κ1) is 11.6. The molecular formula is C12H18N2O2S2. The topological polar surface area (TPSA) is 61.2 Å². The van der Waals surface area contributed by atoms with Gasteiger partial charge in [0.1, 0.15) is 0 Å². The number of amidine groups is 1. The summed E-state index contributed by atoms with van der Waals surface area (Å²) < 4.78 is 23.5. The highest BCUT2D eigenvalue weighted by molar-refractivity contribution is 8.15. The summed E-state index contributed by atoms with van der Waals surface area (Å²) in [5.74, 6) is 2.12. The molecule has 0 amide bonds. The molecule has 2 bridgehead atoms. The highest BCUT2D eigenvalue weighted by atomic mass is 32.2. The van der Waals surface area contributed by atoms with E-state index in [-0.39, 0.29) is 22.8 Å². The lowest BCUT2D eigenvalue weighted by atomic mass is 9.93. The lowest BCUT2D eigenvalue weighted by molar-refractivity contribution is 0.198. The van der Waals surface area contributed by atoms with Gasteiger partial charge < -0.3 is 4.90 Å². The Morgan fingerprint density at radius 3 is 2.67 bits per heavy atom. The van der Waals surface area contributed by atoms with E-state index in [0.717, 1.165) is 11.8 Å². The Bertz CT molecular complexity index is 504. The van der Waals surface area contributed by atoms with E-state index in [9.17, 15) is 8.42 Å². The van der Waals surface area contributed by atoms with E-state index in [2.05, 4.69) is 4.90 Å². The van der Waals surface area contributed by atoms with Gasteiger partial charge in [-0.15, -0.1) is 0 Å². The van der Waals surface area contributed by atoms with Gasteiger partial charge in [-0.2, -0.15) is 0 Å². The van der Waals surface area contributed by atoms with Crippen molar-refractivity contribution in [2.24, 2.45) is 11.8 Å². The Hall–Kier alpha value is -0.230. The van der Waals surface area contributed by atoms with E-state index in [1.807, 2.05) is 0 Å². The molecule has 100 valence electrons. The Kier molecular flexibility index (Phi) is 2.35. The van der Waals surface area contributed by atoms with Crippen molar-refractivity contribution in [3.63, 3.8) is 0 Å². The monoisotopic (exact) mass is 286 g/mol. The van der Waals surface area contributed by atoms with Crippen LogP contribution in [0, 0.1) is 17.2 Å². The standard InChI is InChI=1S/C12H18N2O2S2/c13-12-14(9-4-7-1-2-8(9)3-7)10-5-18(15,16)6-11(10)17-12/h7-11,13H,1-6H2/t7-,8-,9+,10-,11+/m0/s1. The van der Waals surface area contributed by atoms with Crippen LogP contribution in [-0.2, 0) is 9.84 Å². The average molecular weight is 286 g/mol. The molecule has 1 N–H and O–H groups in total. The number of hydrogen-bond donors (Lipinski definition) is 1. The van der Waals surface area contributed by atoms with E-state index in [1.165, 1.54) is 37.4 Å². The maximum Gasteiger partial charge on any atom is 0.157 e. The van der Waals surface area contributed by atoms with Crippen molar-refractivity contribution in [2.75, 3.05) is 11.5 Å². The fourth-order valence-corrected chi connectivity index (χ4v) is 8.32. The SMILES string of the molecule is N=C1S[C@@H]2CS(=O)(=O)C[C@@H]2N1[C@@H]1C[C@H]2CC[C@H]1C2. The molecule has 0 spiro atoms. The Balaban J connectivity index is 1.62. The van der Waals surface area contributed by atoms with Crippen molar-refractivity contribution in [1.29, 1.82) is 5.41 Å². The van der Waals surface area contributed by atoms with Crippen LogP contribution >= 0.6 is 11.8 Å². The molecule has 0 unspecified atom stereocenters. The molecule has 0 aromatic heterocycles. The summed E-state index contributed by atoms with van der Waals surface area (Å²) in [4.78, 5) is 2.18. The molecule has 4 nitrogen and oxygen atoms in total. The molecule has 18 heavy (non-hydrogen) atoms. The molecule has 0 aromatic carbocycles. The zero-order valence-corrected chi connectivity index (χ0v) is 11.8. The van der Waals surface area contributed by atoms with Crippen molar-refractivity contribution in [1.82, 2.24) is 4.90 Å². The predicted octanol–water partition coefficient (Wildman–Crippen LogP) is 1.32. The third-order valence-electron chi connectivity index (χ3n) is 5.18. The Morgan fingerprint density at radius 2 is 2.00 bits per heavy atom. The summed E-state index contributed by atoms with van der Waals surface area (Å²) in [7, 11) is -2.86. The zero-order chi connectivity index (χ0) is 12.5. The molecular weight excluding hydrogens is 268 g/mol. The maximum atomic E-state index is 11.8. The summed E-state index contributed by atoms with van der Waals surface area (Å²) in [6.45, 7) is 0. The highest BCUT2D eigenvalue weighted by Gasteiger charge is 2.53. The first-order valence-electron chi connectivity index (χ1n) is 6.77. The smallest absolute Gasteiger partial charge is 0.157 e. The first-order valence-corrected chi connectivity index (χ1v) is 9.47. The summed E-state index contributed by atoms with van der Waals surface area (Å²) >= 11 is 1.49. The third kappa shape index (κ3) is 1.57. The van der Waals surface area contributed by atoms with Gasteiger partial charge in [-0.05, 0) is 31.1 Å². The van der Waals surface area contributed by atoms with E-state index in [4.69, 9.17) is 5.41 Å². The summed E-state index contributed by atoms with van der Waals surface area (Å²) in [6, 6.07) is 0.559. The van der Waals surface area contributed by atoms with Gasteiger partial charge in [0.2, 0.25) is 0 Å². The van der Waals surface area contributed by atoms with Gasteiger partial charge >= 0.3 is 0 Å². The Labute approximate surface area is 112 Å². The van der Waals surface area contributed by atoms with Gasteiger partial charge in [0.25, 0.3) is 0 Å². The number of rotatable bonds is 1. The average Bonchev–Trinajstić information content (AvgIpc) is 2.96. The van der Waals surface area contributed by atoms with Crippen molar-refractivity contribution in [3.05, 3.63) is 0 Å². The van der Waals surface area contributed by atoms with Crippen LogP contribution in [0.1, 0.15) is 25.7 Å². The van der Waals surface area contributed by atoms with Gasteiger partial charge in [0, 0.05) is 11.3 Å². The van der Waals surface area contributed by atoms with Crippen LogP contribution in [0.4, 0.5) is 0 Å². The minimum atomic E-state index is -2.86. The number of nitrogens with one attached hydrogen (secondary N) is 1. The molecule has 2 saturated heterocycles. The molecule has 5 atom stereocenters. The van der Waals surface area contributed by atoms with Gasteiger partial charge in [0.05, 0.1) is 17.5 Å². The predicted molar refractivity (Wildman–Crippen MR) is 72.6 cm³/mol. The lowest BCUT2D eigenvalue weighted by Gasteiger charge is -2.35. The Morgan fingerprint density at radius 1 is 1.17 bits per heavy atom. The molecule has 0 radical (unpaired) electrons. The minimum absolute atomic E-state index is 0.0943. The van der Waals surface area contributed by atoms with E-state index < -0.39 is 9.84 Å². The number of nitrogens with zero attached hydrogens (tertiary/aromatic N) is 1. The summed E-state index contributed by atoms with van der Waals surface area (Å²) in [6.07, 6.45) is 5.13. The second-order valence-electron chi connectivity index (χ2n) is 6.26.